The van der Waals surface area contributed by atoms with Gasteiger partial charge in [-0.2, -0.15) is 0 Å². The largest absolute Gasteiger partial charge is 0.376 e. The van der Waals surface area contributed by atoms with E-state index in [4.69, 9.17) is 4.74 Å². The molecular formula is C22H23N5O2S. The van der Waals surface area contributed by atoms with Crippen LogP contribution in [0.2, 0.25) is 0 Å². The summed E-state index contributed by atoms with van der Waals surface area (Å²) in [5, 5.41) is 12.7. The van der Waals surface area contributed by atoms with Gasteiger partial charge >= 0.3 is 0 Å². The average molecular weight is 422 g/mol. The van der Waals surface area contributed by atoms with E-state index in [-0.39, 0.29) is 17.8 Å². The maximum atomic E-state index is 13.4. The van der Waals surface area contributed by atoms with Gasteiger partial charge in [-0.15, -0.1) is 5.10 Å². The Morgan fingerprint density at radius 3 is 2.43 bits per heavy atom. The van der Waals surface area contributed by atoms with Crippen molar-refractivity contribution in [2.45, 2.75) is 43.5 Å². The van der Waals surface area contributed by atoms with Crippen molar-refractivity contribution in [3.63, 3.8) is 0 Å². The fourth-order valence-electron chi connectivity index (χ4n) is 4.14. The average Bonchev–Trinajstić information content (AvgIpc) is 3.41. The minimum Gasteiger partial charge on any atom is -0.376 e. The van der Waals surface area contributed by atoms with E-state index in [9.17, 15) is 4.79 Å². The standard InChI is InChI=1S/C22H23N5O2S/c28-21(15-30-22-23-24-25-26(22)14-18-8-5-13-29-18)27-19-9-3-1-6-16(19)11-12-17-7-2-4-10-20(17)27/h1-4,6-7,9-10,18H,5,8,11-15H2. The molecule has 2 aliphatic rings. The zero-order chi connectivity index (χ0) is 20.3. The summed E-state index contributed by atoms with van der Waals surface area (Å²) in [5.41, 5.74) is 4.31. The highest BCUT2D eigenvalue weighted by Crippen LogP contribution is 2.36. The molecule has 0 aliphatic carbocycles. The van der Waals surface area contributed by atoms with Crippen molar-refractivity contribution in [1.82, 2.24) is 20.2 Å². The van der Waals surface area contributed by atoms with Gasteiger partial charge in [0.05, 0.1) is 29.8 Å². The van der Waals surface area contributed by atoms with Crippen LogP contribution < -0.4 is 4.90 Å². The molecule has 0 bridgehead atoms. The van der Waals surface area contributed by atoms with Crippen LogP contribution in [0.15, 0.2) is 53.7 Å². The Bertz CT molecular complexity index is 1000. The molecular weight excluding hydrogens is 398 g/mol. The number of thioether (sulfide) groups is 1. The highest BCUT2D eigenvalue weighted by molar-refractivity contribution is 7.99. The minimum absolute atomic E-state index is 0.0217. The number of benzene rings is 2. The van der Waals surface area contributed by atoms with Crippen LogP contribution in [0.5, 0.6) is 0 Å². The number of amides is 1. The van der Waals surface area contributed by atoms with Gasteiger partial charge in [-0.05, 0) is 59.4 Å². The van der Waals surface area contributed by atoms with E-state index in [1.165, 1.54) is 22.9 Å². The molecule has 2 aromatic carbocycles. The van der Waals surface area contributed by atoms with E-state index < -0.39 is 0 Å². The van der Waals surface area contributed by atoms with Gasteiger partial charge in [-0.1, -0.05) is 48.2 Å². The quantitative estimate of drug-likeness (QED) is 0.588. The summed E-state index contributed by atoms with van der Waals surface area (Å²) in [6.45, 7) is 1.42. The Hall–Kier alpha value is -2.71. The molecule has 154 valence electrons. The summed E-state index contributed by atoms with van der Waals surface area (Å²) >= 11 is 1.38. The first-order valence-electron chi connectivity index (χ1n) is 10.3. The van der Waals surface area contributed by atoms with Crippen molar-refractivity contribution >= 4 is 29.0 Å². The molecule has 1 saturated heterocycles. The van der Waals surface area contributed by atoms with Crippen molar-refractivity contribution in [1.29, 1.82) is 0 Å². The number of anilines is 2. The lowest BCUT2D eigenvalue weighted by Gasteiger charge is -2.24. The Balaban J connectivity index is 1.37. The number of tetrazole rings is 1. The summed E-state index contributed by atoms with van der Waals surface area (Å²) < 4.78 is 7.44. The zero-order valence-electron chi connectivity index (χ0n) is 16.6. The third-order valence-corrected chi connectivity index (χ3v) is 6.54. The Labute approximate surface area is 179 Å². The molecule has 30 heavy (non-hydrogen) atoms. The van der Waals surface area contributed by atoms with Gasteiger partial charge in [-0.25, -0.2) is 4.68 Å². The third kappa shape index (κ3) is 3.85. The third-order valence-electron chi connectivity index (χ3n) is 5.60. The van der Waals surface area contributed by atoms with Crippen LogP contribution >= 0.6 is 11.8 Å². The molecule has 2 aliphatic heterocycles. The second kappa shape index (κ2) is 8.57. The number of aromatic nitrogens is 4. The molecule has 1 atom stereocenters. The number of carbonyl (C=O) groups excluding carboxylic acids is 1. The van der Waals surface area contributed by atoms with Crippen LogP contribution in [-0.2, 0) is 28.9 Å². The van der Waals surface area contributed by atoms with E-state index in [0.29, 0.717) is 11.7 Å². The van der Waals surface area contributed by atoms with Gasteiger partial charge in [0.2, 0.25) is 11.1 Å². The number of rotatable bonds is 5. The second-order valence-electron chi connectivity index (χ2n) is 7.55. The predicted molar refractivity (Wildman–Crippen MR) is 115 cm³/mol. The minimum atomic E-state index is 0.0217. The SMILES string of the molecule is O=C(CSc1nnnn1CC1CCCO1)N1c2ccccc2CCc2ccccc21. The zero-order valence-corrected chi connectivity index (χ0v) is 17.4. The number of nitrogens with zero attached hydrogens (tertiary/aromatic N) is 5. The van der Waals surface area contributed by atoms with Gasteiger partial charge < -0.3 is 4.74 Å². The molecule has 0 radical (unpaired) electrons. The fraction of sp³-hybridized carbons (Fsp3) is 0.364. The topological polar surface area (TPSA) is 73.1 Å². The van der Waals surface area contributed by atoms with Gasteiger partial charge in [0.1, 0.15) is 0 Å². The molecule has 3 aromatic rings. The van der Waals surface area contributed by atoms with E-state index in [2.05, 4.69) is 27.7 Å². The van der Waals surface area contributed by atoms with Gasteiger partial charge in [0, 0.05) is 6.61 Å². The van der Waals surface area contributed by atoms with Crippen LogP contribution in [0.1, 0.15) is 24.0 Å². The molecule has 1 aromatic heterocycles. The highest BCUT2D eigenvalue weighted by Gasteiger charge is 2.26. The van der Waals surface area contributed by atoms with Crippen LogP contribution in [-0.4, -0.2) is 44.6 Å². The summed E-state index contributed by atoms with van der Waals surface area (Å²) in [4.78, 5) is 15.3. The first-order chi connectivity index (χ1) is 14.8. The lowest BCUT2D eigenvalue weighted by molar-refractivity contribution is -0.115. The highest BCUT2D eigenvalue weighted by atomic mass is 32.2. The normalized spacial score (nSPS) is 18.0. The fourth-order valence-corrected chi connectivity index (χ4v) is 4.87. The van der Waals surface area contributed by atoms with Crippen LogP contribution in [0.25, 0.3) is 0 Å². The Kier molecular flexibility index (Phi) is 5.50. The van der Waals surface area contributed by atoms with Crippen molar-refractivity contribution in [3.05, 3.63) is 59.7 Å². The maximum absolute atomic E-state index is 13.4. The van der Waals surface area contributed by atoms with Crippen LogP contribution in [0.4, 0.5) is 11.4 Å². The molecule has 1 fully saturated rings. The number of ether oxygens (including phenoxy) is 1. The molecule has 1 unspecified atom stereocenters. The van der Waals surface area contributed by atoms with Crippen molar-refractivity contribution in [2.75, 3.05) is 17.3 Å². The molecule has 0 saturated carbocycles. The molecule has 3 heterocycles. The monoisotopic (exact) mass is 421 g/mol. The summed E-state index contributed by atoms with van der Waals surface area (Å²) in [5.74, 6) is 0.280. The van der Waals surface area contributed by atoms with Gasteiger partial charge in [0.15, 0.2) is 0 Å². The first kappa shape index (κ1) is 19.3. The maximum Gasteiger partial charge on any atom is 0.242 e. The summed E-state index contributed by atoms with van der Waals surface area (Å²) in [6.07, 6.45) is 4.08. The lowest BCUT2D eigenvalue weighted by Crippen LogP contribution is -2.28. The number of hydrogen-bond donors (Lipinski definition) is 0. The smallest absolute Gasteiger partial charge is 0.242 e. The number of carbonyl (C=O) groups is 1. The molecule has 7 nitrogen and oxygen atoms in total. The van der Waals surface area contributed by atoms with Crippen molar-refractivity contribution in [2.24, 2.45) is 0 Å². The number of aryl methyl sites for hydroxylation is 2. The summed E-state index contributed by atoms with van der Waals surface area (Å²) in [6, 6.07) is 16.3. The van der Waals surface area contributed by atoms with E-state index >= 15 is 0 Å². The van der Waals surface area contributed by atoms with Crippen molar-refractivity contribution in [3.8, 4) is 0 Å². The van der Waals surface area contributed by atoms with Crippen molar-refractivity contribution < 1.29 is 9.53 Å². The summed E-state index contributed by atoms with van der Waals surface area (Å²) in [7, 11) is 0. The number of fused-ring (bicyclic) bond motifs is 2. The number of hydrogen-bond acceptors (Lipinski definition) is 6. The first-order valence-corrected chi connectivity index (χ1v) is 11.3. The molecule has 5 rings (SSSR count). The van der Waals surface area contributed by atoms with Crippen LogP contribution in [0.3, 0.4) is 0 Å². The molecule has 1 amide bonds. The van der Waals surface area contributed by atoms with Crippen LogP contribution in [0, 0.1) is 0 Å². The predicted octanol–water partition coefficient (Wildman–Crippen LogP) is 3.41. The lowest BCUT2D eigenvalue weighted by atomic mass is 10.0. The second-order valence-corrected chi connectivity index (χ2v) is 8.50. The molecule has 0 N–H and O–H groups in total. The van der Waals surface area contributed by atoms with Gasteiger partial charge in [-0.3, -0.25) is 9.69 Å². The van der Waals surface area contributed by atoms with E-state index in [1.807, 2.05) is 41.3 Å². The van der Waals surface area contributed by atoms with E-state index in [1.54, 1.807) is 4.68 Å². The Morgan fingerprint density at radius 2 is 1.77 bits per heavy atom. The number of para-hydroxylation sites is 2. The Morgan fingerprint density at radius 1 is 1.07 bits per heavy atom. The van der Waals surface area contributed by atoms with Gasteiger partial charge in [0.25, 0.3) is 0 Å². The molecule has 0 spiro atoms. The van der Waals surface area contributed by atoms with E-state index in [0.717, 1.165) is 43.7 Å². The molecule has 8 heteroatoms.